The second-order valence-electron chi connectivity index (χ2n) is 14.1. The molecule has 2 aromatic heterocycles. The van der Waals surface area contributed by atoms with Crippen molar-refractivity contribution >= 4 is 98.3 Å². The molecule has 11 rings (SSSR count). The number of rotatable bonds is 7. The van der Waals surface area contributed by atoms with Crippen LogP contribution < -0.4 is 9.80 Å². The van der Waals surface area contributed by atoms with Crippen LogP contribution in [0.15, 0.2) is 211 Å². The summed E-state index contributed by atoms with van der Waals surface area (Å²) < 4.78 is 9.11. The molecule has 0 aliphatic carbocycles. The van der Waals surface area contributed by atoms with Crippen molar-refractivity contribution in [2.45, 2.75) is 0 Å². The summed E-state index contributed by atoms with van der Waals surface area (Å²) in [6, 6.07) is 73.7. The molecule has 0 aliphatic heterocycles. The molecule has 4 heteroatoms. The summed E-state index contributed by atoms with van der Waals surface area (Å²) in [6.45, 7) is 0. The summed E-state index contributed by atoms with van der Waals surface area (Å²) in [6.07, 6.45) is 0. The van der Waals surface area contributed by atoms with Gasteiger partial charge < -0.3 is 14.2 Å². The van der Waals surface area contributed by atoms with Crippen LogP contribution in [0.4, 0.5) is 34.1 Å². The first kappa shape index (κ1) is 32.3. The lowest BCUT2D eigenvalue weighted by Crippen LogP contribution is -2.13. The van der Waals surface area contributed by atoms with Crippen molar-refractivity contribution in [3.8, 4) is 11.1 Å². The van der Waals surface area contributed by atoms with Crippen LogP contribution in [0.1, 0.15) is 0 Å². The van der Waals surface area contributed by atoms with Gasteiger partial charge in [0.05, 0.1) is 27.1 Å². The molecule has 0 unspecified atom stereocenters. The Balaban J connectivity index is 1.19. The maximum absolute atomic E-state index is 6.65. The molecule has 56 heavy (non-hydrogen) atoms. The number of anilines is 6. The Labute approximate surface area is 328 Å². The topological polar surface area (TPSA) is 19.6 Å². The van der Waals surface area contributed by atoms with Crippen LogP contribution in [0.2, 0.25) is 0 Å². The molecule has 0 radical (unpaired) electrons. The van der Waals surface area contributed by atoms with Gasteiger partial charge in [-0.1, -0.05) is 127 Å². The molecule has 2 heterocycles. The van der Waals surface area contributed by atoms with Crippen LogP contribution >= 0.6 is 11.3 Å². The summed E-state index contributed by atoms with van der Waals surface area (Å²) >= 11 is 1.85. The smallest absolute Gasteiger partial charge is 0.137 e. The third kappa shape index (κ3) is 5.26. The number of hydrogen-bond acceptors (Lipinski definition) is 4. The summed E-state index contributed by atoms with van der Waals surface area (Å²) in [5.41, 5.74) is 10.7. The average Bonchev–Trinajstić information content (AvgIpc) is 3.85. The van der Waals surface area contributed by atoms with E-state index >= 15 is 0 Å². The van der Waals surface area contributed by atoms with Crippen molar-refractivity contribution in [1.82, 2.24) is 0 Å². The van der Waals surface area contributed by atoms with Gasteiger partial charge in [-0.05, 0) is 101 Å². The van der Waals surface area contributed by atoms with Crippen molar-refractivity contribution < 1.29 is 4.42 Å². The lowest BCUT2D eigenvalue weighted by atomic mass is 9.96. The average molecular weight is 735 g/mol. The van der Waals surface area contributed by atoms with Gasteiger partial charge in [-0.3, -0.25) is 0 Å². The predicted octanol–water partition coefficient (Wildman–Crippen LogP) is 15.7. The standard InChI is InChI=1S/C52H34N2OS/c1-4-18-37(19-5-1)53(38-20-6-2-7-21-38)45-31-32-46(52-51(45)42-25-12-13-29-49(42)56-52)54(39-22-8-3-9-23-39)44-27-15-28-48-50(44)43-34-36(30-33-47(43)55-48)41-26-14-17-35-16-10-11-24-40(35)41/h1-34H. The molecule has 0 fully saturated rings. The fourth-order valence-corrected chi connectivity index (χ4v) is 9.59. The van der Waals surface area contributed by atoms with E-state index < -0.39 is 0 Å². The normalized spacial score (nSPS) is 11.6. The van der Waals surface area contributed by atoms with Gasteiger partial charge in [0.15, 0.2) is 0 Å². The summed E-state index contributed by atoms with van der Waals surface area (Å²) in [5, 5.41) is 7.10. The lowest BCUT2D eigenvalue weighted by Gasteiger charge is -2.30. The van der Waals surface area contributed by atoms with Gasteiger partial charge in [0, 0.05) is 37.9 Å². The number of furan rings is 1. The Morgan fingerprint density at radius 3 is 1.71 bits per heavy atom. The van der Waals surface area contributed by atoms with E-state index in [4.69, 9.17) is 4.42 Å². The number of para-hydroxylation sites is 3. The molecule has 0 N–H and O–H groups in total. The number of hydrogen-bond donors (Lipinski definition) is 0. The van der Waals surface area contributed by atoms with E-state index in [0.29, 0.717) is 0 Å². The van der Waals surface area contributed by atoms with E-state index in [0.717, 1.165) is 61.6 Å². The van der Waals surface area contributed by atoms with E-state index in [1.807, 2.05) is 11.3 Å². The van der Waals surface area contributed by atoms with Crippen LogP contribution in [-0.2, 0) is 0 Å². The van der Waals surface area contributed by atoms with Crippen molar-refractivity contribution in [2.24, 2.45) is 0 Å². The highest BCUT2D eigenvalue weighted by Gasteiger charge is 2.26. The van der Waals surface area contributed by atoms with E-state index in [1.165, 1.54) is 36.5 Å². The summed E-state index contributed by atoms with van der Waals surface area (Å²) in [4.78, 5) is 4.82. The molecule has 0 saturated heterocycles. The molecule has 264 valence electrons. The molecule has 0 spiro atoms. The Bertz CT molecular complexity index is 3160. The van der Waals surface area contributed by atoms with Gasteiger partial charge in [-0.25, -0.2) is 0 Å². The first-order valence-electron chi connectivity index (χ1n) is 18.9. The molecular weight excluding hydrogens is 701 g/mol. The highest BCUT2D eigenvalue weighted by molar-refractivity contribution is 7.26. The van der Waals surface area contributed by atoms with Gasteiger partial charge in [0.2, 0.25) is 0 Å². The number of thiophene rings is 1. The van der Waals surface area contributed by atoms with Gasteiger partial charge in [0.25, 0.3) is 0 Å². The zero-order valence-electron chi connectivity index (χ0n) is 30.3. The maximum atomic E-state index is 6.65. The number of fused-ring (bicyclic) bond motifs is 7. The highest BCUT2D eigenvalue weighted by Crippen LogP contribution is 2.52. The van der Waals surface area contributed by atoms with Crippen molar-refractivity contribution in [3.05, 3.63) is 206 Å². The van der Waals surface area contributed by atoms with Crippen LogP contribution in [0.25, 0.3) is 64.0 Å². The zero-order valence-corrected chi connectivity index (χ0v) is 31.2. The Morgan fingerprint density at radius 2 is 0.964 bits per heavy atom. The Morgan fingerprint density at radius 1 is 0.375 bits per heavy atom. The Kier molecular flexibility index (Phi) is 7.68. The minimum atomic E-state index is 0.858. The third-order valence-electron chi connectivity index (χ3n) is 10.8. The van der Waals surface area contributed by atoms with Crippen LogP contribution in [0, 0.1) is 0 Å². The predicted molar refractivity (Wildman–Crippen MR) is 239 cm³/mol. The van der Waals surface area contributed by atoms with Gasteiger partial charge in [-0.15, -0.1) is 11.3 Å². The molecule has 0 saturated carbocycles. The molecule has 0 bridgehead atoms. The van der Waals surface area contributed by atoms with Crippen molar-refractivity contribution in [1.29, 1.82) is 0 Å². The minimum Gasteiger partial charge on any atom is -0.456 e. The molecule has 0 atom stereocenters. The van der Waals surface area contributed by atoms with Crippen molar-refractivity contribution in [3.63, 3.8) is 0 Å². The van der Waals surface area contributed by atoms with Crippen molar-refractivity contribution in [2.75, 3.05) is 9.80 Å². The number of nitrogens with zero attached hydrogens (tertiary/aromatic N) is 2. The summed E-state index contributed by atoms with van der Waals surface area (Å²) in [7, 11) is 0. The maximum Gasteiger partial charge on any atom is 0.137 e. The van der Waals surface area contributed by atoms with Crippen LogP contribution in [0.5, 0.6) is 0 Å². The van der Waals surface area contributed by atoms with E-state index in [2.05, 4.69) is 216 Å². The van der Waals surface area contributed by atoms with Gasteiger partial charge in [0.1, 0.15) is 11.2 Å². The van der Waals surface area contributed by atoms with Crippen LogP contribution in [-0.4, -0.2) is 0 Å². The fraction of sp³-hybridized carbons (Fsp3) is 0. The molecule has 3 nitrogen and oxygen atoms in total. The Hall–Kier alpha value is -7.14. The fourth-order valence-electron chi connectivity index (χ4n) is 8.36. The number of benzene rings is 9. The largest absolute Gasteiger partial charge is 0.456 e. The van der Waals surface area contributed by atoms with E-state index in [1.54, 1.807) is 0 Å². The first-order chi connectivity index (χ1) is 27.8. The first-order valence-corrected chi connectivity index (χ1v) is 19.7. The SMILES string of the molecule is c1ccc(N(c2ccc(N(c3ccccc3)c3ccccc3)c3c2sc2ccccc23)c2cccc3oc4ccc(-c5cccc6ccccc56)cc4c23)cc1. The lowest BCUT2D eigenvalue weighted by molar-refractivity contribution is 0.669. The third-order valence-corrected chi connectivity index (χ3v) is 12.0. The second-order valence-corrected chi connectivity index (χ2v) is 15.1. The zero-order chi connectivity index (χ0) is 37.0. The molecular formula is C52H34N2OS. The monoisotopic (exact) mass is 734 g/mol. The molecule has 0 amide bonds. The highest BCUT2D eigenvalue weighted by atomic mass is 32.1. The second kappa shape index (κ2) is 13.3. The van der Waals surface area contributed by atoms with Crippen LogP contribution in [0.3, 0.4) is 0 Å². The van der Waals surface area contributed by atoms with E-state index in [9.17, 15) is 0 Å². The summed E-state index contributed by atoms with van der Waals surface area (Å²) in [5.74, 6) is 0. The van der Waals surface area contributed by atoms with Gasteiger partial charge >= 0.3 is 0 Å². The quantitative estimate of drug-likeness (QED) is 0.163. The van der Waals surface area contributed by atoms with Gasteiger partial charge in [-0.2, -0.15) is 0 Å². The molecule has 9 aromatic carbocycles. The van der Waals surface area contributed by atoms with E-state index in [-0.39, 0.29) is 0 Å². The molecule has 0 aliphatic rings. The minimum absolute atomic E-state index is 0.858. The molecule has 11 aromatic rings.